The first-order valence-corrected chi connectivity index (χ1v) is 9.79. The molecule has 0 bridgehead atoms. The van der Waals surface area contributed by atoms with Crippen LogP contribution in [0.25, 0.3) is 6.08 Å². The normalized spacial score (nSPS) is 17.4. The van der Waals surface area contributed by atoms with E-state index >= 15 is 0 Å². The van der Waals surface area contributed by atoms with Crippen LogP contribution in [0.3, 0.4) is 0 Å². The average molecular weight is 397 g/mol. The van der Waals surface area contributed by atoms with Crippen LogP contribution in [0.5, 0.6) is 0 Å². The molecule has 5 heteroatoms. The van der Waals surface area contributed by atoms with Gasteiger partial charge in [0.15, 0.2) is 0 Å². The van der Waals surface area contributed by atoms with Crippen LogP contribution in [0.1, 0.15) is 22.7 Å². The molecule has 1 heterocycles. The number of benzene rings is 3. The lowest BCUT2D eigenvalue weighted by molar-refractivity contribution is 0.123. The number of rotatable bonds is 4. The van der Waals surface area contributed by atoms with Gasteiger partial charge in [0.2, 0.25) is 5.96 Å². The van der Waals surface area contributed by atoms with Gasteiger partial charge in [0.1, 0.15) is 6.61 Å². The number of carbonyl (C=O) groups is 1. The van der Waals surface area contributed by atoms with E-state index in [0.29, 0.717) is 5.70 Å². The second-order valence-corrected chi connectivity index (χ2v) is 7.10. The van der Waals surface area contributed by atoms with Crippen molar-refractivity contribution >= 4 is 18.1 Å². The lowest BCUT2D eigenvalue weighted by atomic mass is 10.0. The first-order chi connectivity index (χ1) is 14.6. The predicted molar refractivity (Wildman–Crippen MR) is 118 cm³/mol. The predicted octanol–water partition coefficient (Wildman–Crippen LogP) is 5.29. The van der Waals surface area contributed by atoms with Crippen LogP contribution in [0.2, 0.25) is 0 Å². The van der Waals surface area contributed by atoms with Gasteiger partial charge in [-0.15, -0.1) is 0 Å². The summed E-state index contributed by atoms with van der Waals surface area (Å²) >= 11 is 0. The van der Waals surface area contributed by atoms with Gasteiger partial charge >= 0.3 is 6.09 Å². The molecule has 1 amide bonds. The monoisotopic (exact) mass is 397 g/mol. The van der Waals surface area contributed by atoms with E-state index in [-0.39, 0.29) is 18.6 Å². The number of hydrogen-bond acceptors (Lipinski definition) is 3. The Morgan fingerprint density at radius 3 is 2.13 bits per heavy atom. The van der Waals surface area contributed by atoms with Crippen molar-refractivity contribution in [2.75, 3.05) is 7.05 Å². The van der Waals surface area contributed by atoms with Gasteiger partial charge in [-0.1, -0.05) is 91.0 Å². The molecule has 0 radical (unpaired) electrons. The molecule has 1 saturated heterocycles. The molecule has 0 saturated carbocycles. The number of guanidine groups is 1. The van der Waals surface area contributed by atoms with E-state index in [9.17, 15) is 4.79 Å². The fourth-order valence-electron chi connectivity index (χ4n) is 3.59. The van der Waals surface area contributed by atoms with Crippen molar-refractivity contribution < 1.29 is 9.53 Å². The fraction of sp³-hybridized carbons (Fsp3) is 0.120. The Hall–Kier alpha value is -3.86. The van der Waals surface area contributed by atoms with Gasteiger partial charge in [-0.25, -0.2) is 9.69 Å². The molecule has 1 fully saturated rings. The maximum atomic E-state index is 13.0. The van der Waals surface area contributed by atoms with Crippen molar-refractivity contribution in [3.63, 3.8) is 0 Å². The van der Waals surface area contributed by atoms with Crippen LogP contribution in [0.15, 0.2) is 96.7 Å². The summed E-state index contributed by atoms with van der Waals surface area (Å²) in [5.41, 5.74) is 3.55. The maximum absolute atomic E-state index is 13.0. The lowest BCUT2D eigenvalue weighted by Crippen LogP contribution is -2.35. The van der Waals surface area contributed by atoms with Gasteiger partial charge in [-0.05, 0) is 22.8 Å². The van der Waals surface area contributed by atoms with Gasteiger partial charge in [-0.2, -0.15) is 0 Å². The molecule has 0 aliphatic carbocycles. The minimum atomic E-state index is -0.559. The highest BCUT2D eigenvalue weighted by Gasteiger charge is 2.42. The average Bonchev–Trinajstić information content (AvgIpc) is 3.03. The van der Waals surface area contributed by atoms with Gasteiger partial charge in [0.05, 0.1) is 11.7 Å². The van der Waals surface area contributed by atoms with Crippen molar-refractivity contribution in [1.29, 1.82) is 5.41 Å². The van der Waals surface area contributed by atoms with Gasteiger partial charge in [0, 0.05) is 7.05 Å². The fourth-order valence-corrected chi connectivity index (χ4v) is 3.59. The Balaban J connectivity index is 1.69. The molecule has 1 N–H and O–H groups in total. The number of carbonyl (C=O) groups excluding carboxylic acids is 1. The number of nitrogens with one attached hydrogen (secondary N) is 1. The second kappa shape index (κ2) is 8.66. The van der Waals surface area contributed by atoms with Crippen molar-refractivity contribution in [2.45, 2.75) is 12.6 Å². The number of nitrogens with zero attached hydrogens (tertiary/aromatic N) is 2. The summed E-state index contributed by atoms with van der Waals surface area (Å²) in [7, 11) is 1.82. The molecule has 1 aliphatic rings. The van der Waals surface area contributed by atoms with Gasteiger partial charge < -0.3 is 9.64 Å². The summed E-state index contributed by atoms with van der Waals surface area (Å²) in [6, 6.07) is 29.0. The molecular weight excluding hydrogens is 374 g/mol. The number of ether oxygens (including phenoxy) is 1. The Morgan fingerprint density at radius 2 is 1.50 bits per heavy atom. The quantitative estimate of drug-likeness (QED) is 0.651. The molecule has 1 unspecified atom stereocenters. The zero-order valence-electron chi connectivity index (χ0n) is 16.7. The second-order valence-electron chi connectivity index (χ2n) is 7.10. The molecule has 30 heavy (non-hydrogen) atoms. The van der Waals surface area contributed by atoms with E-state index in [0.717, 1.165) is 16.7 Å². The Labute approximate surface area is 176 Å². The molecule has 0 spiro atoms. The summed E-state index contributed by atoms with van der Waals surface area (Å²) in [6.07, 6.45) is 1.38. The van der Waals surface area contributed by atoms with Crippen LogP contribution < -0.4 is 0 Å². The lowest BCUT2D eigenvalue weighted by Gasteiger charge is -2.20. The van der Waals surface area contributed by atoms with E-state index in [4.69, 9.17) is 10.1 Å². The number of hydrogen-bond donors (Lipinski definition) is 1. The molecule has 1 aliphatic heterocycles. The number of likely N-dealkylation sites (N-methyl/N-ethyl adjacent to an activating group) is 1. The van der Waals surface area contributed by atoms with Crippen LogP contribution in [0, 0.1) is 5.41 Å². The Bertz CT molecular complexity index is 1050. The zero-order chi connectivity index (χ0) is 20.9. The topological polar surface area (TPSA) is 56.6 Å². The molecule has 5 nitrogen and oxygen atoms in total. The summed E-state index contributed by atoms with van der Waals surface area (Å²) in [5, 5.41) is 8.61. The highest BCUT2D eigenvalue weighted by Crippen LogP contribution is 2.38. The molecule has 0 aromatic heterocycles. The minimum Gasteiger partial charge on any atom is -0.444 e. The summed E-state index contributed by atoms with van der Waals surface area (Å²) in [5.74, 6) is 0.0871. The van der Waals surface area contributed by atoms with Crippen molar-refractivity contribution in [3.05, 3.63) is 113 Å². The van der Waals surface area contributed by atoms with Crippen molar-refractivity contribution in [1.82, 2.24) is 9.80 Å². The van der Waals surface area contributed by atoms with E-state index in [2.05, 4.69) is 0 Å². The third-order valence-electron chi connectivity index (χ3n) is 5.09. The molecular formula is C25H23N3O2. The maximum Gasteiger partial charge on any atom is 0.421 e. The summed E-state index contributed by atoms with van der Waals surface area (Å²) in [4.78, 5) is 16.2. The van der Waals surface area contributed by atoms with E-state index in [1.165, 1.54) is 4.90 Å². The Kier molecular flexibility index (Phi) is 5.61. The number of amides is 1. The first kappa shape index (κ1) is 19.5. The van der Waals surface area contributed by atoms with Crippen LogP contribution in [-0.4, -0.2) is 28.9 Å². The van der Waals surface area contributed by atoms with E-state index in [1.807, 2.05) is 104 Å². The molecule has 3 aromatic carbocycles. The zero-order valence-corrected chi connectivity index (χ0v) is 16.7. The molecule has 150 valence electrons. The van der Waals surface area contributed by atoms with Gasteiger partial charge in [-0.3, -0.25) is 5.41 Å². The highest BCUT2D eigenvalue weighted by atomic mass is 16.6. The first-order valence-electron chi connectivity index (χ1n) is 9.79. The van der Waals surface area contributed by atoms with Crippen LogP contribution in [-0.2, 0) is 11.3 Å². The SMILES string of the molecule is CN1C(=N)N(C(=O)OCc2ccccc2)/C(=C\c2ccccc2)C1c1ccccc1. The van der Waals surface area contributed by atoms with E-state index in [1.54, 1.807) is 4.90 Å². The summed E-state index contributed by atoms with van der Waals surface area (Å²) < 4.78 is 5.56. The molecule has 3 aromatic rings. The molecule has 4 rings (SSSR count). The summed E-state index contributed by atoms with van der Waals surface area (Å²) in [6.45, 7) is 0.155. The third-order valence-corrected chi connectivity index (χ3v) is 5.09. The third kappa shape index (κ3) is 3.96. The minimum absolute atomic E-state index is 0.0871. The largest absolute Gasteiger partial charge is 0.444 e. The van der Waals surface area contributed by atoms with E-state index < -0.39 is 6.09 Å². The highest BCUT2D eigenvalue weighted by molar-refractivity contribution is 5.98. The van der Waals surface area contributed by atoms with Crippen molar-refractivity contribution in [3.8, 4) is 0 Å². The van der Waals surface area contributed by atoms with Gasteiger partial charge in [0.25, 0.3) is 0 Å². The van der Waals surface area contributed by atoms with Crippen LogP contribution >= 0.6 is 0 Å². The standard InChI is InChI=1S/C25H23N3O2/c1-27-23(21-15-9-4-10-16-21)22(17-19-11-5-2-6-12-19)28(24(27)26)25(29)30-18-20-13-7-3-8-14-20/h2-17,23,26H,18H2,1H3/b22-17-,26-24?. The van der Waals surface area contributed by atoms with Crippen LogP contribution in [0.4, 0.5) is 4.79 Å². The smallest absolute Gasteiger partial charge is 0.421 e. The Morgan fingerprint density at radius 1 is 0.933 bits per heavy atom. The van der Waals surface area contributed by atoms with Crippen molar-refractivity contribution in [2.24, 2.45) is 0 Å². The molecule has 1 atom stereocenters.